The molecule has 0 spiro atoms. The number of carboxylic acids is 1. The molecule has 148 valence electrons. The van der Waals surface area contributed by atoms with E-state index in [4.69, 9.17) is 16.7 Å². The molecule has 1 saturated heterocycles. The summed E-state index contributed by atoms with van der Waals surface area (Å²) in [4.78, 5) is 15.8. The number of nitrogens with zero attached hydrogens (tertiary/aromatic N) is 2. The van der Waals surface area contributed by atoms with Crippen LogP contribution in [0.15, 0.2) is 72.8 Å². The Kier molecular flexibility index (Phi) is 5.84. The summed E-state index contributed by atoms with van der Waals surface area (Å²) in [6.07, 6.45) is 0. The standard InChI is InChI=1S/C24H23ClN2O2/c25-21-6-3-5-19(16-21)23-7-2-1-4-20(23)17-26-12-14-27(15-13-26)22-10-8-18(9-11-22)24(28)29/h1-11,16H,12-15,17H2,(H,28,29). The fourth-order valence-corrected chi connectivity index (χ4v) is 4.01. The monoisotopic (exact) mass is 406 g/mol. The van der Waals surface area contributed by atoms with Crippen LogP contribution in [-0.2, 0) is 6.54 Å². The Hall–Kier alpha value is -2.82. The molecule has 4 rings (SSSR count). The quantitative estimate of drug-likeness (QED) is 0.645. The Balaban J connectivity index is 1.42. The predicted molar refractivity (Wildman–Crippen MR) is 118 cm³/mol. The maximum atomic E-state index is 11.0. The Morgan fingerprint density at radius 2 is 1.62 bits per heavy atom. The zero-order chi connectivity index (χ0) is 20.2. The van der Waals surface area contributed by atoms with E-state index >= 15 is 0 Å². The molecule has 4 nitrogen and oxygen atoms in total. The summed E-state index contributed by atoms with van der Waals surface area (Å²) in [5.74, 6) is -0.889. The van der Waals surface area contributed by atoms with Crippen LogP contribution in [0.2, 0.25) is 5.02 Å². The molecule has 0 aromatic heterocycles. The molecule has 0 saturated carbocycles. The zero-order valence-electron chi connectivity index (χ0n) is 16.1. The van der Waals surface area contributed by atoms with E-state index in [1.54, 1.807) is 12.1 Å². The van der Waals surface area contributed by atoms with Crippen molar-refractivity contribution in [2.75, 3.05) is 31.1 Å². The van der Waals surface area contributed by atoms with Crippen LogP contribution in [0.3, 0.4) is 0 Å². The number of halogens is 1. The first-order chi connectivity index (χ1) is 14.1. The second-order valence-corrected chi connectivity index (χ2v) is 7.72. The first kappa shape index (κ1) is 19.5. The molecule has 0 amide bonds. The first-order valence-electron chi connectivity index (χ1n) is 9.75. The van der Waals surface area contributed by atoms with Crippen LogP contribution in [-0.4, -0.2) is 42.2 Å². The number of carboxylic acid groups (broad SMARTS) is 1. The molecule has 0 atom stereocenters. The van der Waals surface area contributed by atoms with E-state index in [1.165, 1.54) is 11.1 Å². The van der Waals surface area contributed by atoms with Gasteiger partial charge in [0.15, 0.2) is 0 Å². The number of aromatic carboxylic acids is 1. The summed E-state index contributed by atoms with van der Waals surface area (Å²) >= 11 is 6.19. The van der Waals surface area contributed by atoms with Crippen LogP contribution >= 0.6 is 11.6 Å². The zero-order valence-corrected chi connectivity index (χ0v) is 16.8. The van der Waals surface area contributed by atoms with Gasteiger partial charge in [-0.3, -0.25) is 4.90 Å². The second-order valence-electron chi connectivity index (χ2n) is 7.28. The molecule has 0 unspecified atom stereocenters. The maximum Gasteiger partial charge on any atom is 0.335 e. The van der Waals surface area contributed by atoms with Crippen molar-refractivity contribution >= 4 is 23.3 Å². The molecule has 3 aromatic carbocycles. The number of carbonyl (C=O) groups is 1. The van der Waals surface area contributed by atoms with Gasteiger partial charge in [-0.05, 0) is 53.1 Å². The molecule has 1 heterocycles. The third-order valence-corrected chi connectivity index (χ3v) is 5.63. The third-order valence-electron chi connectivity index (χ3n) is 5.40. The Bertz CT molecular complexity index is 996. The van der Waals surface area contributed by atoms with Crippen molar-refractivity contribution in [2.24, 2.45) is 0 Å². The molecule has 0 bridgehead atoms. The number of rotatable bonds is 5. The summed E-state index contributed by atoms with van der Waals surface area (Å²) in [6.45, 7) is 4.67. The lowest BCUT2D eigenvalue weighted by Crippen LogP contribution is -2.46. The van der Waals surface area contributed by atoms with Crippen molar-refractivity contribution in [1.29, 1.82) is 0 Å². The molecule has 1 aliphatic heterocycles. The van der Waals surface area contributed by atoms with Gasteiger partial charge in [0.2, 0.25) is 0 Å². The smallest absolute Gasteiger partial charge is 0.335 e. The summed E-state index contributed by atoms with van der Waals surface area (Å²) < 4.78 is 0. The highest BCUT2D eigenvalue weighted by molar-refractivity contribution is 6.30. The lowest BCUT2D eigenvalue weighted by atomic mass is 9.99. The van der Waals surface area contributed by atoms with Gasteiger partial charge in [0, 0.05) is 43.4 Å². The van der Waals surface area contributed by atoms with Crippen molar-refractivity contribution in [2.45, 2.75) is 6.54 Å². The number of anilines is 1. The molecular weight excluding hydrogens is 384 g/mol. The molecule has 1 N–H and O–H groups in total. The van der Waals surface area contributed by atoms with Crippen molar-refractivity contribution in [3.63, 3.8) is 0 Å². The maximum absolute atomic E-state index is 11.0. The molecule has 5 heteroatoms. The first-order valence-corrected chi connectivity index (χ1v) is 10.1. The van der Waals surface area contributed by atoms with E-state index in [0.717, 1.165) is 49.0 Å². The minimum atomic E-state index is -0.889. The highest BCUT2D eigenvalue weighted by Crippen LogP contribution is 2.27. The summed E-state index contributed by atoms with van der Waals surface area (Å²) in [7, 11) is 0. The van der Waals surface area contributed by atoms with Gasteiger partial charge in [-0.1, -0.05) is 48.0 Å². The van der Waals surface area contributed by atoms with Gasteiger partial charge in [-0.2, -0.15) is 0 Å². The molecule has 0 aliphatic carbocycles. The minimum absolute atomic E-state index is 0.324. The summed E-state index contributed by atoms with van der Waals surface area (Å²) in [5.41, 5.74) is 5.07. The average molecular weight is 407 g/mol. The summed E-state index contributed by atoms with van der Waals surface area (Å²) in [6, 6.07) is 23.6. The number of hydrogen-bond acceptors (Lipinski definition) is 3. The summed E-state index contributed by atoms with van der Waals surface area (Å²) in [5, 5.41) is 9.80. The van der Waals surface area contributed by atoms with Gasteiger partial charge in [0.1, 0.15) is 0 Å². The number of hydrogen-bond donors (Lipinski definition) is 1. The molecule has 0 radical (unpaired) electrons. The van der Waals surface area contributed by atoms with Crippen molar-refractivity contribution in [3.05, 3.63) is 88.9 Å². The van der Waals surface area contributed by atoms with Crippen LogP contribution in [0.25, 0.3) is 11.1 Å². The molecule has 29 heavy (non-hydrogen) atoms. The van der Waals surface area contributed by atoms with E-state index in [-0.39, 0.29) is 0 Å². The van der Waals surface area contributed by atoms with Crippen LogP contribution < -0.4 is 4.90 Å². The van der Waals surface area contributed by atoms with Crippen LogP contribution in [0, 0.1) is 0 Å². The van der Waals surface area contributed by atoms with E-state index in [2.05, 4.69) is 40.1 Å². The SMILES string of the molecule is O=C(O)c1ccc(N2CCN(Cc3ccccc3-c3cccc(Cl)c3)CC2)cc1. The van der Waals surface area contributed by atoms with E-state index in [0.29, 0.717) is 5.56 Å². The van der Waals surface area contributed by atoms with Crippen molar-refractivity contribution in [3.8, 4) is 11.1 Å². The van der Waals surface area contributed by atoms with E-state index < -0.39 is 5.97 Å². The highest BCUT2D eigenvalue weighted by Gasteiger charge is 2.19. The van der Waals surface area contributed by atoms with E-state index in [1.807, 2.05) is 30.3 Å². The molecule has 1 aliphatic rings. The lowest BCUT2D eigenvalue weighted by molar-refractivity contribution is 0.0697. The van der Waals surface area contributed by atoms with Crippen LogP contribution in [0.5, 0.6) is 0 Å². The van der Waals surface area contributed by atoms with Gasteiger partial charge < -0.3 is 10.0 Å². The van der Waals surface area contributed by atoms with Gasteiger partial charge in [0.05, 0.1) is 5.56 Å². The van der Waals surface area contributed by atoms with Crippen LogP contribution in [0.1, 0.15) is 15.9 Å². The van der Waals surface area contributed by atoms with E-state index in [9.17, 15) is 4.79 Å². The molecular formula is C24H23ClN2O2. The molecule has 1 fully saturated rings. The van der Waals surface area contributed by atoms with Gasteiger partial charge >= 0.3 is 5.97 Å². The largest absolute Gasteiger partial charge is 0.478 e. The number of benzene rings is 3. The lowest BCUT2D eigenvalue weighted by Gasteiger charge is -2.36. The fraction of sp³-hybridized carbons (Fsp3) is 0.208. The van der Waals surface area contributed by atoms with Gasteiger partial charge in [0.25, 0.3) is 0 Å². The third kappa shape index (κ3) is 4.61. The molecule has 3 aromatic rings. The topological polar surface area (TPSA) is 43.8 Å². The number of piperazine rings is 1. The van der Waals surface area contributed by atoms with Crippen molar-refractivity contribution < 1.29 is 9.90 Å². The second kappa shape index (κ2) is 8.68. The predicted octanol–water partition coefficient (Wildman–Crippen LogP) is 5.03. The van der Waals surface area contributed by atoms with Crippen molar-refractivity contribution in [1.82, 2.24) is 4.90 Å². The highest BCUT2D eigenvalue weighted by atomic mass is 35.5. The Morgan fingerprint density at radius 3 is 2.31 bits per heavy atom. The Morgan fingerprint density at radius 1 is 0.897 bits per heavy atom. The van der Waals surface area contributed by atoms with Gasteiger partial charge in [-0.15, -0.1) is 0 Å². The normalized spacial score (nSPS) is 14.7. The average Bonchev–Trinajstić information content (AvgIpc) is 2.75. The Labute approximate surface area is 176 Å². The van der Waals surface area contributed by atoms with Gasteiger partial charge in [-0.25, -0.2) is 4.79 Å². The van der Waals surface area contributed by atoms with Crippen LogP contribution in [0.4, 0.5) is 5.69 Å². The fourth-order valence-electron chi connectivity index (χ4n) is 3.82. The minimum Gasteiger partial charge on any atom is -0.478 e.